The summed E-state index contributed by atoms with van der Waals surface area (Å²) >= 11 is 1.62. The fourth-order valence-electron chi connectivity index (χ4n) is 2.73. The highest BCUT2D eigenvalue weighted by atomic mass is 32.1. The van der Waals surface area contributed by atoms with Crippen molar-refractivity contribution in [1.82, 2.24) is 4.98 Å². The zero-order chi connectivity index (χ0) is 14.5. The van der Waals surface area contributed by atoms with E-state index in [0.29, 0.717) is 6.42 Å². The zero-order valence-electron chi connectivity index (χ0n) is 12.1. The highest BCUT2D eigenvalue weighted by molar-refractivity contribution is 7.09. The number of aromatic nitrogens is 1. The summed E-state index contributed by atoms with van der Waals surface area (Å²) in [5.41, 5.74) is 2.13. The predicted octanol–water partition coefficient (Wildman–Crippen LogP) is 3.67. The summed E-state index contributed by atoms with van der Waals surface area (Å²) in [6, 6.07) is 10.2. The predicted molar refractivity (Wildman–Crippen MR) is 85.5 cm³/mol. The number of rotatable bonds is 5. The number of nitrogens with zero attached hydrogens (tertiary/aromatic N) is 1. The summed E-state index contributed by atoms with van der Waals surface area (Å²) < 4.78 is 5.68. The van der Waals surface area contributed by atoms with Crippen molar-refractivity contribution in [1.29, 1.82) is 0 Å². The van der Waals surface area contributed by atoms with Gasteiger partial charge in [0.2, 0.25) is 0 Å². The van der Waals surface area contributed by atoms with Crippen molar-refractivity contribution in [2.75, 3.05) is 6.61 Å². The van der Waals surface area contributed by atoms with E-state index in [4.69, 9.17) is 4.74 Å². The maximum absolute atomic E-state index is 10.2. The Morgan fingerprint density at radius 1 is 1.29 bits per heavy atom. The summed E-state index contributed by atoms with van der Waals surface area (Å²) in [6.45, 7) is 0.840. The van der Waals surface area contributed by atoms with Crippen molar-refractivity contribution in [3.63, 3.8) is 0 Å². The fourth-order valence-corrected chi connectivity index (χ4v) is 3.60. The van der Waals surface area contributed by atoms with Crippen LogP contribution in [-0.4, -0.2) is 28.9 Å². The summed E-state index contributed by atoms with van der Waals surface area (Å²) in [4.78, 5) is 4.63. The molecule has 3 nitrogen and oxygen atoms in total. The summed E-state index contributed by atoms with van der Waals surface area (Å²) in [5.74, 6) is 0. The molecule has 1 saturated heterocycles. The van der Waals surface area contributed by atoms with Crippen LogP contribution in [0.25, 0.3) is 11.3 Å². The third-order valence-corrected chi connectivity index (χ3v) is 4.71. The van der Waals surface area contributed by atoms with Gasteiger partial charge in [-0.15, -0.1) is 11.3 Å². The van der Waals surface area contributed by atoms with E-state index in [0.717, 1.165) is 42.1 Å². The first-order valence-corrected chi connectivity index (χ1v) is 8.49. The minimum absolute atomic E-state index is 0.224. The standard InChI is InChI=1S/C17H21NO2S/c19-14(10-15-8-4-5-9-20-15)11-17-18-16(12-21-17)13-6-2-1-3-7-13/h1-3,6-7,12,14-15,19H,4-5,8-11H2. The van der Waals surface area contributed by atoms with Crippen LogP contribution < -0.4 is 0 Å². The number of ether oxygens (including phenoxy) is 1. The number of thiazole rings is 1. The van der Waals surface area contributed by atoms with Crippen molar-refractivity contribution in [2.45, 2.75) is 44.3 Å². The van der Waals surface area contributed by atoms with Crippen LogP contribution in [0.4, 0.5) is 0 Å². The Bertz CT molecular complexity index is 549. The van der Waals surface area contributed by atoms with E-state index in [9.17, 15) is 5.11 Å². The van der Waals surface area contributed by atoms with Gasteiger partial charge >= 0.3 is 0 Å². The number of aliphatic hydroxyl groups excluding tert-OH is 1. The molecule has 21 heavy (non-hydrogen) atoms. The number of hydrogen-bond acceptors (Lipinski definition) is 4. The van der Waals surface area contributed by atoms with Gasteiger partial charge in [0, 0.05) is 24.0 Å². The van der Waals surface area contributed by atoms with Crippen LogP contribution in [-0.2, 0) is 11.2 Å². The van der Waals surface area contributed by atoms with Crippen LogP contribution in [0.2, 0.25) is 0 Å². The van der Waals surface area contributed by atoms with Crippen LogP contribution >= 0.6 is 11.3 Å². The lowest BCUT2D eigenvalue weighted by Gasteiger charge is -2.24. The fraction of sp³-hybridized carbons (Fsp3) is 0.471. The average Bonchev–Trinajstić information content (AvgIpc) is 2.97. The van der Waals surface area contributed by atoms with Crippen LogP contribution in [0.15, 0.2) is 35.7 Å². The third-order valence-electron chi connectivity index (χ3n) is 3.84. The van der Waals surface area contributed by atoms with Gasteiger partial charge in [0.25, 0.3) is 0 Å². The van der Waals surface area contributed by atoms with Crippen LogP contribution in [0.3, 0.4) is 0 Å². The van der Waals surface area contributed by atoms with E-state index >= 15 is 0 Å². The molecule has 2 aromatic rings. The van der Waals surface area contributed by atoms with Gasteiger partial charge in [-0.1, -0.05) is 30.3 Å². The molecule has 3 rings (SSSR count). The minimum atomic E-state index is -0.358. The molecule has 1 aliphatic rings. The quantitative estimate of drug-likeness (QED) is 0.916. The lowest BCUT2D eigenvalue weighted by molar-refractivity contribution is -0.0147. The topological polar surface area (TPSA) is 42.4 Å². The molecule has 0 amide bonds. The van der Waals surface area contributed by atoms with E-state index < -0.39 is 0 Å². The van der Waals surface area contributed by atoms with E-state index in [1.54, 1.807) is 11.3 Å². The van der Waals surface area contributed by atoms with Crippen molar-refractivity contribution < 1.29 is 9.84 Å². The number of aliphatic hydroxyl groups is 1. The molecule has 2 atom stereocenters. The molecule has 1 fully saturated rings. The molecule has 0 bridgehead atoms. The SMILES string of the molecule is OC(Cc1nc(-c2ccccc2)cs1)CC1CCCCO1. The molecule has 0 aliphatic carbocycles. The maximum Gasteiger partial charge on any atom is 0.0958 e. The Hall–Kier alpha value is -1.23. The van der Waals surface area contributed by atoms with Gasteiger partial charge in [0.1, 0.15) is 0 Å². The van der Waals surface area contributed by atoms with Crippen LogP contribution in [0.5, 0.6) is 0 Å². The Balaban J connectivity index is 1.56. The Kier molecular flexibility index (Phi) is 5.01. The Morgan fingerprint density at radius 2 is 2.14 bits per heavy atom. The first-order valence-electron chi connectivity index (χ1n) is 7.61. The molecule has 0 spiro atoms. The van der Waals surface area contributed by atoms with Gasteiger partial charge in [-0.2, -0.15) is 0 Å². The highest BCUT2D eigenvalue weighted by Crippen LogP contribution is 2.24. The Morgan fingerprint density at radius 3 is 2.90 bits per heavy atom. The van der Waals surface area contributed by atoms with Gasteiger partial charge in [-0.05, 0) is 25.7 Å². The molecule has 0 radical (unpaired) electrons. The summed E-state index contributed by atoms with van der Waals surface area (Å²) in [6.07, 6.45) is 4.65. The summed E-state index contributed by atoms with van der Waals surface area (Å²) in [7, 11) is 0. The second-order valence-electron chi connectivity index (χ2n) is 5.57. The molecule has 1 N–H and O–H groups in total. The van der Waals surface area contributed by atoms with Gasteiger partial charge in [-0.25, -0.2) is 4.98 Å². The first-order chi connectivity index (χ1) is 10.3. The molecule has 112 valence electrons. The minimum Gasteiger partial charge on any atom is -0.393 e. The van der Waals surface area contributed by atoms with Crippen molar-refractivity contribution in [3.8, 4) is 11.3 Å². The molecular formula is C17H21NO2S. The van der Waals surface area contributed by atoms with Crippen molar-refractivity contribution >= 4 is 11.3 Å². The molecular weight excluding hydrogens is 282 g/mol. The maximum atomic E-state index is 10.2. The lowest BCUT2D eigenvalue weighted by Crippen LogP contribution is -2.25. The van der Waals surface area contributed by atoms with E-state index in [1.165, 1.54) is 6.42 Å². The van der Waals surface area contributed by atoms with Crippen molar-refractivity contribution in [3.05, 3.63) is 40.7 Å². The largest absolute Gasteiger partial charge is 0.393 e. The average molecular weight is 303 g/mol. The molecule has 4 heteroatoms. The van der Waals surface area contributed by atoms with Crippen molar-refractivity contribution in [2.24, 2.45) is 0 Å². The second-order valence-corrected chi connectivity index (χ2v) is 6.52. The van der Waals surface area contributed by atoms with Gasteiger partial charge in [0.15, 0.2) is 0 Å². The first kappa shape index (κ1) is 14.7. The highest BCUT2D eigenvalue weighted by Gasteiger charge is 2.19. The third kappa shape index (κ3) is 4.13. The van der Waals surface area contributed by atoms with Crippen LogP contribution in [0, 0.1) is 0 Å². The monoisotopic (exact) mass is 303 g/mol. The normalized spacial score (nSPS) is 20.3. The van der Waals surface area contributed by atoms with E-state index in [2.05, 4.69) is 22.5 Å². The smallest absolute Gasteiger partial charge is 0.0958 e. The number of benzene rings is 1. The molecule has 2 heterocycles. The summed E-state index contributed by atoms with van der Waals surface area (Å²) in [5, 5.41) is 13.3. The van der Waals surface area contributed by atoms with Gasteiger partial charge < -0.3 is 9.84 Å². The lowest BCUT2D eigenvalue weighted by atomic mass is 10.0. The van der Waals surface area contributed by atoms with E-state index in [1.807, 2.05) is 18.2 Å². The Labute approximate surface area is 129 Å². The van der Waals surface area contributed by atoms with Gasteiger partial charge in [0.05, 0.1) is 22.9 Å². The molecule has 1 aromatic carbocycles. The van der Waals surface area contributed by atoms with Gasteiger partial charge in [-0.3, -0.25) is 0 Å². The molecule has 1 aromatic heterocycles. The molecule has 1 aliphatic heterocycles. The second kappa shape index (κ2) is 7.16. The number of hydrogen-bond donors (Lipinski definition) is 1. The zero-order valence-corrected chi connectivity index (χ0v) is 12.9. The van der Waals surface area contributed by atoms with Crippen LogP contribution in [0.1, 0.15) is 30.7 Å². The molecule has 0 saturated carbocycles. The molecule has 2 unspecified atom stereocenters. The van der Waals surface area contributed by atoms with E-state index in [-0.39, 0.29) is 12.2 Å².